The highest BCUT2D eigenvalue weighted by atomic mass is 19.1. The molecule has 118 valence electrons. The van der Waals surface area contributed by atoms with Crippen LogP contribution < -0.4 is 0 Å². The van der Waals surface area contributed by atoms with Gasteiger partial charge in [-0.1, -0.05) is 0 Å². The summed E-state index contributed by atoms with van der Waals surface area (Å²) in [4.78, 5) is 13.7. The first kappa shape index (κ1) is 16.1. The Balaban J connectivity index is 2.20. The predicted molar refractivity (Wildman–Crippen MR) is 78.2 cm³/mol. The lowest BCUT2D eigenvalue weighted by atomic mass is 10.1. The number of carbonyl (C=O) groups excluding carboxylic acids is 1. The van der Waals surface area contributed by atoms with Crippen LogP contribution in [0, 0.1) is 5.82 Å². The van der Waals surface area contributed by atoms with Gasteiger partial charge in [-0.25, -0.2) is 9.07 Å². The lowest BCUT2D eigenvalue weighted by Gasteiger charge is -2.21. The van der Waals surface area contributed by atoms with Crippen LogP contribution in [0.15, 0.2) is 36.7 Å². The molecule has 1 aromatic heterocycles. The number of rotatable bonds is 7. The number of carbonyl (C=O) groups is 1. The molecule has 2 rings (SSSR count). The van der Waals surface area contributed by atoms with Crippen LogP contribution in [0.4, 0.5) is 4.39 Å². The SMILES string of the molecule is O=C(c1ccc(-n2cccn2)c(F)c1)N(CCO)CCCO. The number of nitrogens with zero attached hydrogens (tertiary/aromatic N) is 3. The maximum absolute atomic E-state index is 14.2. The van der Waals surface area contributed by atoms with Crippen molar-refractivity contribution in [3.8, 4) is 5.69 Å². The zero-order chi connectivity index (χ0) is 15.9. The molecule has 1 amide bonds. The van der Waals surface area contributed by atoms with E-state index in [2.05, 4.69) is 5.10 Å². The Morgan fingerprint density at radius 1 is 1.27 bits per heavy atom. The first-order valence-electron chi connectivity index (χ1n) is 6.98. The normalized spacial score (nSPS) is 10.7. The van der Waals surface area contributed by atoms with Gasteiger partial charge in [0, 0.05) is 37.7 Å². The Hall–Kier alpha value is -2.25. The minimum absolute atomic E-state index is 0.0538. The van der Waals surface area contributed by atoms with E-state index in [0.29, 0.717) is 13.0 Å². The monoisotopic (exact) mass is 307 g/mol. The van der Waals surface area contributed by atoms with Crippen molar-refractivity contribution in [1.82, 2.24) is 14.7 Å². The topological polar surface area (TPSA) is 78.6 Å². The van der Waals surface area contributed by atoms with Crippen molar-refractivity contribution in [1.29, 1.82) is 0 Å². The van der Waals surface area contributed by atoms with E-state index in [1.165, 1.54) is 27.9 Å². The average molecular weight is 307 g/mol. The fourth-order valence-corrected chi connectivity index (χ4v) is 2.12. The van der Waals surface area contributed by atoms with E-state index in [9.17, 15) is 9.18 Å². The summed E-state index contributed by atoms with van der Waals surface area (Å²) < 4.78 is 15.5. The van der Waals surface area contributed by atoms with Crippen LogP contribution >= 0.6 is 0 Å². The largest absolute Gasteiger partial charge is 0.396 e. The van der Waals surface area contributed by atoms with Gasteiger partial charge in [0.15, 0.2) is 0 Å². The second-order valence-corrected chi connectivity index (χ2v) is 4.71. The minimum Gasteiger partial charge on any atom is -0.396 e. The number of aliphatic hydroxyl groups excluding tert-OH is 2. The number of benzene rings is 1. The Labute approximate surface area is 127 Å². The zero-order valence-corrected chi connectivity index (χ0v) is 12.0. The van der Waals surface area contributed by atoms with Gasteiger partial charge in [0.25, 0.3) is 5.91 Å². The van der Waals surface area contributed by atoms with E-state index in [1.807, 2.05) is 0 Å². The van der Waals surface area contributed by atoms with Crippen LogP contribution in [0.25, 0.3) is 5.69 Å². The fraction of sp³-hybridized carbons (Fsp3) is 0.333. The van der Waals surface area contributed by atoms with Gasteiger partial charge in [0.05, 0.1) is 6.61 Å². The highest BCUT2D eigenvalue weighted by Gasteiger charge is 2.17. The molecule has 22 heavy (non-hydrogen) atoms. The molecule has 1 heterocycles. The van der Waals surface area contributed by atoms with Crippen LogP contribution in [0.1, 0.15) is 16.8 Å². The standard InChI is InChI=1S/C15H18FN3O3/c16-13-11-12(3-4-14(13)19-7-1-5-17-19)15(22)18(8-10-21)6-2-9-20/h1,3-5,7,11,20-21H,2,6,8-10H2. The van der Waals surface area contributed by atoms with Crippen molar-refractivity contribution in [2.24, 2.45) is 0 Å². The molecular weight excluding hydrogens is 289 g/mol. The van der Waals surface area contributed by atoms with Crippen molar-refractivity contribution in [3.05, 3.63) is 48.0 Å². The maximum Gasteiger partial charge on any atom is 0.254 e. The first-order valence-corrected chi connectivity index (χ1v) is 6.98. The number of hydrogen-bond donors (Lipinski definition) is 2. The van der Waals surface area contributed by atoms with Gasteiger partial charge >= 0.3 is 0 Å². The smallest absolute Gasteiger partial charge is 0.254 e. The minimum atomic E-state index is -0.555. The molecule has 0 bridgehead atoms. The molecule has 6 nitrogen and oxygen atoms in total. The molecule has 0 atom stereocenters. The van der Waals surface area contributed by atoms with E-state index in [4.69, 9.17) is 10.2 Å². The van der Waals surface area contributed by atoms with E-state index >= 15 is 0 Å². The van der Waals surface area contributed by atoms with Crippen molar-refractivity contribution < 1.29 is 19.4 Å². The second kappa shape index (κ2) is 7.67. The summed E-state index contributed by atoms with van der Waals surface area (Å²) in [5, 5.41) is 21.8. The van der Waals surface area contributed by atoms with Crippen molar-refractivity contribution >= 4 is 5.91 Å². The molecule has 0 aliphatic carbocycles. The van der Waals surface area contributed by atoms with Crippen molar-refractivity contribution in [2.75, 3.05) is 26.3 Å². The lowest BCUT2D eigenvalue weighted by Crippen LogP contribution is -2.35. The first-order chi connectivity index (χ1) is 10.7. The van der Waals surface area contributed by atoms with Crippen LogP contribution in [-0.4, -0.2) is 57.1 Å². The summed E-state index contributed by atoms with van der Waals surface area (Å²) in [6.45, 7) is 0.201. The molecule has 2 N–H and O–H groups in total. The Morgan fingerprint density at radius 2 is 2.09 bits per heavy atom. The second-order valence-electron chi connectivity index (χ2n) is 4.71. The molecule has 0 spiro atoms. The summed E-state index contributed by atoms with van der Waals surface area (Å²) in [5.74, 6) is -0.936. The van der Waals surface area contributed by atoms with Gasteiger partial charge in [0.2, 0.25) is 0 Å². The third kappa shape index (κ3) is 3.69. The molecular formula is C15H18FN3O3. The molecule has 1 aromatic carbocycles. The number of aromatic nitrogens is 2. The van der Waals surface area contributed by atoms with Gasteiger partial charge in [-0.15, -0.1) is 0 Å². The van der Waals surface area contributed by atoms with Crippen LogP contribution in [0.2, 0.25) is 0 Å². The Morgan fingerprint density at radius 3 is 2.68 bits per heavy atom. The lowest BCUT2D eigenvalue weighted by molar-refractivity contribution is 0.0709. The van der Waals surface area contributed by atoms with E-state index < -0.39 is 5.82 Å². The summed E-state index contributed by atoms with van der Waals surface area (Å²) in [6, 6.07) is 5.84. The summed E-state index contributed by atoms with van der Waals surface area (Å²) in [5.41, 5.74) is 0.449. The van der Waals surface area contributed by atoms with Gasteiger partial charge in [-0.2, -0.15) is 5.10 Å². The predicted octanol–water partition coefficient (Wildman–Crippen LogP) is 0.828. The summed E-state index contributed by atoms with van der Waals surface area (Å²) in [7, 11) is 0. The van der Waals surface area contributed by atoms with E-state index in [-0.39, 0.29) is 36.9 Å². The summed E-state index contributed by atoms with van der Waals surface area (Å²) in [6.07, 6.45) is 3.55. The zero-order valence-electron chi connectivity index (χ0n) is 12.0. The fourth-order valence-electron chi connectivity index (χ4n) is 2.12. The molecule has 7 heteroatoms. The van der Waals surface area contributed by atoms with Crippen LogP contribution in [-0.2, 0) is 0 Å². The molecule has 0 fully saturated rings. The van der Waals surface area contributed by atoms with E-state index in [1.54, 1.807) is 12.3 Å². The number of amides is 1. The van der Waals surface area contributed by atoms with Gasteiger partial charge in [-0.05, 0) is 30.7 Å². The molecule has 0 saturated heterocycles. The third-order valence-electron chi connectivity index (χ3n) is 3.19. The Kier molecular flexibility index (Phi) is 5.62. The molecule has 0 saturated carbocycles. The van der Waals surface area contributed by atoms with Crippen LogP contribution in [0.3, 0.4) is 0 Å². The number of hydrogen-bond acceptors (Lipinski definition) is 4. The number of halogens is 1. The molecule has 0 radical (unpaired) electrons. The quantitative estimate of drug-likeness (QED) is 0.794. The van der Waals surface area contributed by atoms with Crippen molar-refractivity contribution in [2.45, 2.75) is 6.42 Å². The molecule has 0 aliphatic rings. The van der Waals surface area contributed by atoms with Crippen molar-refractivity contribution in [3.63, 3.8) is 0 Å². The van der Waals surface area contributed by atoms with Gasteiger partial charge in [0.1, 0.15) is 11.5 Å². The highest BCUT2D eigenvalue weighted by Crippen LogP contribution is 2.16. The maximum atomic E-state index is 14.2. The van der Waals surface area contributed by atoms with E-state index in [0.717, 1.165) is 6.07 Å². The Bertz CT molecular complexity index is 617. The van der Waals surface area contributed by atoms with Gasteiger partial charge < -0.3 is 15.1 Å². The van der Waals surface area contributed by atoms with Gasteiger partial charge in [-0.3, -0.25) is 4.79 Å². The summed E-state index contributed by atoms with van der Waals surface area (Å²) >= 11 is 0. The average Bonchev–Trinajstić information content (AvgIpc) is 3.04. The number of aliphatic hydroxyl groups is 2. The molecule has 2 aromatic rings. The highest BCUT2D eigenvalue weighted by molar-refractivity contribution is 5.94. The molecule has 0 aliphatic heterocycles. The van der Waals surface area contributed by atoms with Crippen LogP contribution in [0.5, 0.6) is 0 Å². The third-order valence-corrected chi connectivity index (χ3v) is 3.19. The molecule has 0 unspecified atom stereocenters.